The molecule has 0 atom stereocenters. The molecule has 1 rings (SSSR count). The smallest absolute Gasteiger partial charge is 0.253 e. The monoisotopic (exact) mass is 168 g/mol. The normalized spacial score (nSPS) is 10.1. The summed E-state index contributed by atoms with van der Waals surface area (Å²) in [5.74, 6) is 0. The van der Waals surface area contributed by atoms with E-state index in [2.05, 4.69) is 4.98 Å². The summed E-state index contributed by atoms with van der Waals surface area (Å²) < 4.78 is 6.44. The van der Waals surface area contributed by atoms with Crippen LogP contribution < -0.4 is 5.56 Å². The zero-order valence-corrected chi connectivity index (χ0v) is 7.06. The number of methoxy groups -OCH3 is 1. The number of rotatable bonds is 4. The van der Waals surface area contributed by atoms with Gasteiger partial charge in [-0.05, 0) is 6.42 Å². The lowest BCUT2D eigenvalue weighted by molar-refractivity contribution is 0.190. The SMILES string of the molecule is COCCCn1cnccc1=O. The Morgan fingerprint density at radius 3 is 3.17 bits per heavy atom. The highest BCUT2D eigenvalue weighted by Gasteiger charge is 1.92. The van der Waals surface area contributed by atoms with Crippen molar-refractivity contribution >= 4 is 0 Å². The summed E-state index contributed by atoms with van der Waals surface area (Å²) >= 11 is 0. The second-order valence-electron chi connectivity index (χ2n) is 2.46. The minimum absolute atomic E-state index is 0.0129. The molecule has 0 aliphatic rings. The predicted molar refractivity (Wildman–Crippen MR) is 45.0 cm³/mol. The van der Waals surface area contributed by atoms with Gasteiger partial charge in [-0.1, -0.05) is 0 Å². The maximum absolute atomic E-state index is 11.1. The van der Waals surface area contributed by atoms with Crippen LogP contribution in [0, 0.1) is 0 Å². The first-order chi connectivity index (χ1) is 5.84. The Morgan fingerprint density at radius 1 is 1.67 bits per heavy atom. The Hall–Kier alpha value is -1.16. The molecule has 0 spiro atoms. The van der Waals surface area contributed by atoms with Gasteiger partial charge in [-0.2, -0.15) is 0 Å². The van der Waals surface area contributed by atoms with Crippen LogP contribution in [0.5, 0.6) is 0 Å². The minimum Gasteiger partial charge on any atom is -0.385 e. The van der Waals surface area contributed by atoms with Crippen LogP contribution in [0.15, 0.2) is 23.4 Å². The molecule has 0 aliphatic carbocycles. The van der Waals surface area contributed by atoms with Crippen molar-refractivity contribution in [2.24, 2.45) is 0 Å². The van der Waals surface area contributed by atoms with E-state index in [-0.39, 0.29) is 5.56 Å². The molecule has 0 bridgehead atoms. The highest BCUT2D eigenvalue weighted by Crippen LogP contribution is 1.85. The molecule has 1 aromatic rings. The van der Waals surface area contributed by atoms with E-state index in [1.165, 1.54) is 18.6 Å². The zero-order valence-electron chi connectivity index (χ0n) is 7.06. The molecule has 0 saturated carbocycles. The van der Waals surface area contributed by atoms with Crippen LogP contribution >= 0.6 is 0 Å². The van der Waals surface area contributed by atoms with E-state index in [0.717, 1.165) is 6.42 Å². The lowest BCUT2D eigenvalue weighted by atomic mass is 10.4. The van der Waals surface area contributed by atoms with Gasteiger partial charge in [-0.3, -0.25) is 9.36 Å². The minimum atomic E-state index is -0.0129. The van der Waals surface area contributed by atoms with Crippen molar-refractivity contribution in [1.29, 1.82) is 0 Å². The van der Waals surface area contributed by atoms with Crippen LogP contribution in [0.2, 0.25) is 0 Å². The number of nitrogens with zero attached hydrogens (tertiary/aromatic N) is 2. The average Bonchev–Trinajstić information content (AvgIpc) is 2.09. The largest absolute Gasteiger partial charge is 0.385 e. The van der Waals surface area contributed by atoms with Gasteiger partial charge in [0.05, 0.1) is 6.33 Å². The quantitative estimate of drug-likeness (QED) is 0.606. The van der Waals surface area contributed by atoms with Crippen molar-refractivity contribution < 1.29 is 4.74 Å². The number of aryl methyl sites for hydroxylation is 1. The summed E-state index contributed by atoms with van der Waals surface area (Å²) in [6.07, 6.45) is 3.87. The van der Waals surface area contributed by atoms with Crippen molar-refractivity contribution in [3.63, 3.8) is 0 Å². The predicted octanol–water partition coefficient (Wildman–Crippen LogP) is 0.280. The van der Waals surface area contributed by atoms with Gasteiger partial charge in [0.1, 0.15) is 0 Å². The molecule has 0 aromatic carbocycles. The van der Waals surface area contributed by atoms with Gasteiger partial charge < -0.3 is 4.74 Å². The Kier molecular flexibility index (Phi) is 3.47. The van der Waals surface area contributed by atoms with Crippen molar-refractivity contribution in [2.45, 2.75) is 13.0 Å². The summed E-state index contributed by atoms with van der Waals surface area (Å²) in [5, 5.41) is 0. The fourth-order valence-electron chi connectivity index (χ4n) is 0.926. The van der Waals surface area contributed by atoms with Gasteiger partial charge >= 0.3 is 0 Å². The first kappa shape index (κ1) is 8.93. The highest BCUT2D eigenvalue weighted by atomic mass is 16.5. The van der Waals surface area contributed by atoms with Crippen molar-refractivity contribution in [2.75, 3.05) is 13.7 Å². The molecule has 0 saturated heterocycles. The maximum Gasteiger partial charge on any atom is 0.253 e. The summed E-state index contributed by atoms with van der Waals surface area (Å²) in [7, 11) is 1.64. The number of ether oxygens (including phenoxy) is 1. The van der Waals surface area contributed by atoms with Crippen LogP contribution in [0.3, 0.4) is 0 Å². The molecular formula is C8H12N2O2. The average molecular weight is 168 g/mol. The van der Waals surface area contributed by atoms with Gasteiger partial charge in [0.15, 0.2) is 0 Å². The second-order valence-corrected chi connectivity index (χ2v) is 2.46. The highest BCUT2D eigenvalue weighted by molar-refractivity contribution is 4.81. The molecular weight excluding hydrogens is 156 g/mol. The third kappa shape index (κ3) is 2.47. The molecule has 4 nitrogen and oxygen atoms in total. The second kappa shape index (κ2) is 4.66. The number of hydrogen-bond donors (Lipinski definition) is 0. The molecule has 4 heteroatoms. The summed E-state index contributed by atoms with van der Waals surface area (Å²) in [4.78, 5) is 14.9. The molecule has 0 amide bonds. The Balaban J connectivity index is 2.52. The molecule has 0 N–H and O–H groups in total. The number of hydrogen-bond acceptors (Lipinski definition) is 3. The van der Waals surface area contributed by atoms with Gasteiger partial charge in [0.25, 0.3) is 5.56 Å². The topological polar surface area (TPSA) is 44.1 Å². The Labute approximate surface area is 70.8 Å². The van der Waals surface area contributed by atoms with Gasteiger partial charge in [0.2, 0.25) is 0 Å². The lowest BCUT2D eigenvalue weighted by Gasteiger charge is -2.02. The van der Waals surface area contributed by atoms with E-state index in [1.807, 2.05) is 0 Å². The third-order valence-corrected chi connectivity index (χ3v) is 1.54. The van der Waals surface area contributed by atoms with Gasteiger partial charge in [-0.25, -0.2) is 4.98 Å². The van der Waals surface area contributed by atoms with E-state index in [1.54, 1.807) is 11.7 Å². The maximum atomic E-state index is 11.1. The van der Waals surface area contributed by atoms with Crippen molar-refractivity contribution in [3.8, 4) is 0 Å². The molecule has 66 valence electrons. The van der Waals surface area contributed by atoms with Crippen molar-refractivity contribution in [1.82, 2.24) is 9.55 Å². The summed E-state index contributed by atoms with van der Waals surface area (Å²) in [5.41, 5.74) is -0.0129. The fraction of sp³-hybridized carbons (Fsp3) is 0.500. The fourth-order valence-corrected chi connectivity index (χ4v) is 0.926. The van der Waals surface area contributed by atoms with Crippen LogP contribution in [0.1, 0.15) is 6.42 Å². The molecule has 0 radical (unpaired) electrons. The van der Waals surface area contributed by atoms with Crippen LogP contribution in [0.25, 0.3) is 0 Å². The van der Waals surface area contributed by atoms with E-state index < -0.39 is 0 Å². The van der Waals surface area contributed by atoms with E-state index in [0.29, 0.717) is 13.2 Å². The van der Waals surface area contributed by atoms with Crippen LogP contribution in [0.4, 0.5) is 0 Å². The van der Waals surface area contributed by atoms with E-state index in [4.69, 9.17) is 4.74 Å². The molecule has 0 aliphatic heterocycles. The lowest BCUT2D eigenvalue weighted by Crippen LogP contribution is -2.19. The van der Waals surface area contributed by atoms with Crippen molar-refractivity contribution in [3.05, 3.63) is 28.9 Å². The third-order valence-electron chi connectivity index (χ3n) is 1.54. The van der Waals surface area contributed by atoms with Crippen LogP contribution in [-0.2, 0) is 11.3 Å². The first-order valence-corrected chi connectivity index (χ1v) is 3.84. The van der Waals surface area contributed by atoms with Crippen LogP contribution in [-0.4, -0.2) is 23.3 Å². The number of aromatic nitrogens is 2. The molecule has 1 heterocycles. The molecule has 0 unspecified atom stereocenters. The first-order valence-electron chi connectivity index (χ1n) is 3.84. The molecule has 1 aromatic heterocycles. The molecule has 0 fully saturated rings. The summed E-state index contributed by atoms with van der Waals surface area (Å²) in [6.45, 7) is 1.34. The Morgan fingerprint density at radius 2 is 2.50 bits per heavy atom. The Bertz CT molecular complexity index is 282. The van der Waals surface area contributed by atoms with Gasteiger partial charge in [-0.15, -0.1) is 0 Å². The standard InChI is InChI=1S/C8H12N2O2/c1-12-6-2-5-10-7-9-4-3-8(10)11/h3-4,7H,2,5-6H2,1H3. The van der Waals surface area contributed by atoms with Gasteiger partial charge in [0, 0.05) is 32.5 Å². The van der Waals surface area contributed by atoms with E-state index >= 15 is 0 Å². The van der Waals surface area contributed by atoms with E-state index in [9.17, 15) is 4.79 Å². The summed E-state index contributed by atoms with van der Waals surface area (Å²) in [6, 6.07) is 1.45. The molecule has 12 heavy (non-hydrogen) atoms. The zero-order chi connectivity index (χ0) is 8.81.